The molecule has 0 spiro atoms. The molecule has 1 N–H and O–H groups in total. The van der Waals surface area contributed by atoms with Gasteiger partial charge in [0.1, 0.15) is 0 Å². The van der Waals surface area contributed by atoms with Crippen LogP contribution in [0, 0.1) is 10.8 Å². The number of anilines is 1. The highest BCUT2D eigenvalue weighted by Crippen LogP contribution is 2.65. The van der Waals surface area contributed by atoms with Crippen molar-refractivity contribution >= 4 is 28.3 Å². The number of carbonyl (C=O) groups is 2. The summed E-state index contributed by atoms with van der Waals surface area (Å²) in [4.78, 5) is 25.5. The van der Waals surface area contributed by atoms with Crippen molar-refractivity contribution in [3.63, 3.8) is 0 Å². The van der Waals surface area contributed by atoms with Gasteiger partial charge in [0.25, 0.3) is 5.91 Å². The van der Waals surface area contributed by atoms with Crippen LogP contribution in [0.5, 0.6) is 0 Å². The van der Waals surface area contributed by atoms with Crippen LogP contribution >= 0.6 is 0 Å². The Bertz CT molecular complexity index is 867. The molecule has 1 heterocycles. The summed E-state index contributed by atoms with van der Waals surface area (Å²) in [5.41, 5.74) is -1.47. The fourth-order valence-corrected chi connectivity index (χ4v) is 4.30. The van der Waals surface area contributed by atoms with E-state index in [2.05, 4.69) is 5.32 Å². The number of hydrogen-bond donors (Lipinski definition) is 1. The normalized spacial score (nSPS) is 30.4. The minimum Gasteiger partial charge on any atom is -0.448 e. The van der Waals surface area contributed by atoms with Gasteiger partial charge in [0, 0.05) is 16.5 Å². The van der Waals surface area contributed by atoms with Gasteiger partial charge < -0.3 is 10.1 Å². The first kappa shape index (κ1) is 15.2. The Kier molecular flexibility index (Phi) is 2.91. The molecule has 4 heteroatoms. The number of carbonyl (C=O) groups excluding carboxylic acids is 2. The lowest BCUT2D eigenvalue weighted by atomic mass is 9.66. The summed E-state index contributed by atoms with van der Waals surface area (Å²) in [5.74, 6) is -0.481. The van der Waals surface area contributed by atoms with E-state index >= 15 is 0 Å². The van der Waals surface area contributed by atoms with E-state index in [-0.39, 0.29) is 11.9 Å². The van der Waals surface area contributed by atoms with Gasteiger partial charge in [0.2, 0.25) is 0 Å². The number of benzene rings is 2. The number of rotatable bonds is 2. The summed E-state index contributed by atoms with van der Waals surface area (Å²) in [6.07, 6.45) is 1.25. The molecule has 1 aliphatic heterocycles. The maximum absolute atomic E-state index is 13.2. The fourth-order valence-electron chi connectivity index (χ4n) is 4.30. The monoisotopic (exact) mass is 323 g/mol. The first-order chi connectivity index (χ1) is 11.3. The molecular weight excluding hydrogens is 302 g/mol. The van der Waals surface area contributed by atoms with E-state index in [4.69, 9.17) is 4.74 Å². The molecule has 0 radical (unpaired) electrons. The molecule has 4 rings (SSSR count). The van der Waals surface area contributed by atoms with Crippen LogP contribution < -0.4 is 5.32 Å². The molecule has 1 amide bonds. The fraction of sp³-hybridized carbons (Fsp3) is 0.400. The number of ether oxygens (including phenoxy) is 1. The van der Waals surface area contributed by atoms with Gasteiger partial charge in [-0.05, 0) is 31.2 Å². The largest absolute Gasteiger partial charge is 0.448 e. The summed E-state index contributed by atoms with van der Waals surface area (Å²) >= 11 is 0. The lowest BCUT2D eigenvalue weighted by Crippen LogP contribution is -2.50. The van der Waals surface area contributed by atoms with Crippen molar-refractivity contribution in [2.75, 3.05) is 5.32 Å². The summed E-state index contributed by atoms with van der Waals surface area (Å²) in [6.45, 7) is 5.84. The summed E-state index contributed by atoms with van der Waals surface area (Å²) in [7, 11) is 0. The standard InChI is InChI=1S/C20H21NO3/c1-18(2)19(3)11-12-20(18,24-17(19)23)16(22)21-15-10-6-8-13-7-4-5-9-14(13)15/h4-10H,11-12H2,1-3H3,(H,21,22)/t19-,20-/m1/s1. The molecule has 4 nitrogen and oxygen atoms in total. The Morgan fingerprint density at radius 2 is 1.75 bits per heavy atom. The van der Waals surface area contributed by atoms with E-state index in [1.54, 1.807) is 0 Å². The Morgan fingerprint density at radius 3 is 2.42 bits per heavy atom. The molecule has 1 saturated heterocycles. The van der Waals surface area contributed by atoms with E-state index in [9.17, 15) is 9.59 Å². The highest BCUT2D eigenvalue weighted by atomic mass is 16.6. The van der Waals surface area contributed by atoms with E-state index in [1.807, 2.05) is 63.2 Å². The van der Waals surface area contributed by atoms with Crippen molar-refractivity contribution in [3.05, 3.63) is 42.5 Å². The zero-order chi connectivity index (χ0) is 17.2. The van der Waals surface area contributed by atoms with Gasteiger partial charge in [0.15, 0.2) is 5.60 Å². The van der Waals surface area contributed by atoms with Crippen molar-refractivity contribution < 1.29 is 14.3 Å². The van der Waals surface area contributed by atoms with Crippen molar-refractivity contribution in [2.24, 2.45) is 10.8 Å². The molecule has 1 aliphatic carbocycles. The van der Waals surface area contributed by atoms with Crippen LogP contribution in [-0.2, 0) is 14.3 Å². The molecule has 2 aliphatic rings. The third kappa shape index (κ3) is 1.63. The van der Waals surface area contributed by atoms with Gasteiger partial charge in [-0.25, -0.2) is 0 Å². The average Bonchev–Trinajstić information content (AvgIpc) is 2.85. The van der Waals surface area contributed by atoms with Crippen LogP contribution in [0.3, 0.4) is 0 Å². The smallest absolute Gasteiger partial charge is 0.313 e. The first-order valence-corrected chi connectivity index (χ1v) is 8.34. The summed E-state index contributed by atoms with van der Waals surface area (Å²) in [6, 6.07) is 13.7. The van der Waals surface area contributed by atoms with E-state index in [0.29, 0.717) is 12.8 Å². The van der Waals surface area contributed by atoms with E-state index in [1.165, 1.54) is 0 Å². The number of esters is 1. The van der Waals surface area contributed by atoms with Gasteiger partial charge in [-0.1, -0.05) is 50.2 Å². The minimum atomic E-state index is -1.09. The van der Waals surface area contributed by atoms with E-state index in [0.717, 1.165) is 16.5 Å². The van der Waals surface area contributed by atoms with E-state index < -0.39 is 16.4 Å². The van der Waals surface area contributed by atoms with Gasteiger partial charge in [-0.15, -0.1) is 0 Å². The van der Waals surface area contributed by atoms with Crippen molar-refractivity contribution in [2.45, 2.75) is 39.2 Å². The average molecular weight is 323 g/mol. The van der Waals surface area contributed by atoms with Crippen molar-refractivity contribution in [3.8, 4) is 0 Å². The quantitative estimate of drug-likeness (QED) is 0.853. The second-order valence-electron chi connectivity index (χ2n) is 7.65. The second kappa shape index (κ2) is 4.59. The van der Waals surface area contributed by atoms with Crippen LogP contribution in [0.25, 0.3) is 10.8 Å². The lowest BCUT2D eigenvalue weighted by molar-refractivity contribution is -0.165. The van der Waals surface area contributed by atoms with Crippen molar-refractivity contribution in [1.29, 1.82) is 0 Å². The zero-order valence-corrected chi connectivity index (χ0v) is 14.2. The molecule has 0 aromatic heterocycles. The van der Waals surface area contributed by atoms with Crippen LogP contribution in [0.4, 0.5) is 5.69 Å². The Balaban J connectivity index is 1.74. The third-order valence-corrected chi connectivity index (χ3v) is 6.49. The minimum absolute atomic E-state index is 0.224. The molecular formula is C20H21NO3. The second-order valence-corrected chi connectivity index (χ2v) is 7.65. The molecule has 2 aromatic carbocycles. The van der Waals surface area contributed by atoms with Crippen LogP contribution in [0.2, 0.25) is 0 Å². The lowest BCUT2D eigenvalue weighted by Gasteiger charge is -2.35. The highest BCUT2D eigenvalue weighted by molar-refractivity contribution is 6.07. The molecule has 2 bridgehead atoms. The third-order valence-electron chi connectivity index (χ3n) is 6.49. The molecule has 1 saturated carbocycles. The number of hydrogen-bond acceptors (Lipinski definition) is 3. The number of amides is 1. The number of nitrogens with one attached hydrogen (secondary N) is 1. The zero-order valence-electron chi connectivity index (χ0n) is 14.2. The van der Waals surface area contributed by atoms with Crippen LogP contribution in [0.1, 0.15) is 33.6 Å². The summed E-state index contributed by atoms with van der Waals surface area (Å²) < 4.78 is 5.66. The Hall–Kier alpha value is -2.36. The molecule has 124 valence electrons. The Morgan fingerprint density at radius 1 is 1.04 bits per heavy atom. The maximum Gasteiger partial charge on any atom is 0.313 e. The molecule has 2 fully saturated rings. The van der Waals surface area contributed by atoms with Crippen LogP contribution in [0.15, 0.2) is 42.5 Å². The van der Waals surface area contributed by atoms with Crippen LogP contribution in [-0.4, -0.2) is 17.5 Å². The maximum atomic E-state index is 13.2. The molecule has 24 heavy (non-hydrogen) atoms. The topological polar surface area (TPSA) is 55.4 Å². The first-order valence-electron chi connectivity index (χ1n) is 8.34. The van der Waals surface area contributed by atoms with Gasteiger partial charge in [-0.2, -0.15) is 0 Å². The van der Waals surface area contributed by atoms with Crippen molar-refractivity contribution in [1.82, 2.24) is 0 Å². The predicted molar refractivity (Wildman–Crippen MR) is 92.5 cm³/mol. The van der Waals surface area contributed by atoms with Gasteiger partial charge in [-0.3, -0.25) is 9.59 Å². The van der Waals surface area contributed by atoms with Gasteiger partial charge >= 0.3 is 5.97 Å². The molecule has 2 atom stereocenters. The summed E-state index contributed by atoms with van der Waals surface area (Å²) in [5, 5.41) is 5.06. The highest BCUT2D eigenvalue weighted by Gasteiger charge is 2.75. The van der Waals surface area contributed by atoms with Gasteiger partial charge in [0.05, 0.1) is 5.41 Å². The number of fused-ring (bicyclic) bond motifs is 3. The molecule has 0 unspecified atom stereocenters. The Labute approximate surface area is 141 Å². The SMILES string of the molecule is CC1(C)[C@]2(C)CC[C@]1(C(=O)Nc1cccc3ccccc13)OC2=O. The molecule has 2 aromatic rings. The predicted octanol–water partition coefficient (Wildman–Crippen LogP) is 3.90.